The first-order valence-corrected chi connectivity index (χ1v) is 13.3. The van der Waals surface area contributed by atoms with Gasteiger partial charge in [-0.15, -0.1) is 0 Å². The van der Waals surface area contributed by atoms with Gasteiger partial charge in [-0.2, -0.15) is 23.3 Å². The molecule has 1 spiro atoms. The molecule has 3 aliphatic rings. The van der Waals surface area contributed by atoms with E-state index in [-0.39, 0.29) is 18.9 Å². The van der Waals surface area contributed by atoms with E-state index in [2.05, 4.69) is 15.1 Å². The quantitative estimate of drug-likeness (QED) is 0.436. The van der Waals surface area contributed by atoms with Gasteiger partial charge in [0.15, 0.2) is 0 Å². The lowest BCUT2D eigenvalue weighted by atomic mass is 9.67. The van der Waals surface area contributed by atoms with E-state index in [9.17, 15) is 22.8 Å². The molecule has 212 valence electrons. The zero-order chi connectivity index (χ0) is 28.9. The first-order chi connectivity index (χ1) is 19.6. The summed E-state index contributed by atoms with van der Waals surface area (Å²) in [4.78, 5) is 39.3. The number of fused-ring (bicyclic) bond motifs is 4. The van der Waals surface area contributed by atoms with Crippen LogP contribution in [0.4, 0.5) is 30.5 Å². The van der Waals surface area contributed by atoms with Gasteiger partial charge >= 0.3 is 12.1 Å². The second-order valence-electron chi connectivity index (χ2n) is 10.3. The number of hydrazone groups is 1. The van der Waals surface area contributed by atoms with Crippen LogP contribution in [-0.2, 0) is 22.1 Å². The van der Waals surface area contributed by atoms with Crippen molar-refractivity contribution in [1.29, 1.82) is 0 Å². The molecule has 1 aromatic heterocycles. The summed E-state index contributed by atoms with van der Waals surface area (Å²) in [7, 11) is 0. The standard InChI is InChI=1S/C29H27F3N6O3/c1-3-41-25(39)19-5-8-22(9-6-19)38-26(40)28(18(2)35-38)16-20-15-21(29(30,31)32)7-10-23(20)37-14-13-36(17-24(28)37)27-33-11-4-12-34-27/h4-12,15,24H,3,13-14,16-17H2,1-2H3/t24-,28-/m1/s1. The fourth-order valence-electron chi connectivity index (χ4n) is 6.07. The lowest BCUT2D eigenvalue weighted by Gasteiger charge is -2.53. The highest BCUT2D eigenvalue weighted by Gasteiger charge is 2.60. The maximum absolute atomic E-state index is 14.4. The van der Waals surface area contributed by atoms with Crippen molar-refractivity contribution in [2.75, 3.05) is 41.0 Å². The van der Waals surface area contributed by atoms with Gasteiger partial charge in [-0.05, 0) is 74.4 Å². The van der Waals surface area contributed by atoms with Gasteiger partial charge in [0.05, 0.1) is 35.2 Å². The number of esters is 1. The number of anilines is 3. The maximum Gasteiger partial charge on any atom is 0.416 e. The molecule has 0 radical (unpaired) electrons. The largest absolute Gasteiger partial charge is 0.462 e. The van der Waals surface area contributed by atoms with E-state index < -0.39 is 29.2 Å². The minimum Gasteiger partial charge on any atom is -0.462 e. The third-order valence-electron chi connectivity index (χ3n) is 8.06. The van der Waals surface area contributed by atoms with E-state index >= 15 is 0 Å². The van der Waals surface area contributed by atoms with Crippen molar-refractivity contribution in [2.45, 2.75) is 32.5 Å². The number of carbonyl (C=O) groups is 2. The summed E-state index contributed by atoms with van der Waals surface area (Å²) < 4.78 is 46.2. The molecule has 4 heterocycles. The predicted octanol–water partition coefficient (Wildman–Crippen LogP) is 4.33. The topological polar surface area (TPSA) is 91.2 Å². The number of aromatic nitrogens is 2. The van der Waals surface area contributed by atoms with Crippen LogP contribution in [0.1, 0.15) is 35.3 Å². The number of benzene rings is 2. The SMILES string of the molecule is CCOC(=O)c1ccc(N2N=C(C)[C@@]3(Cc4cc(C(F)(F)F)ccc4N4CCN(c5ncccn5)C[C@@H]43)C2=O)cc1. The molecule has 0 bridgehead atoms. The molecule has 0 saturated carbocycles. The number of amides is 1. The highest BCUT2D eigenvalue weighted by molar-refractivity contribution is 6.20. The lowest BCUT2D eigenvalue weighted by molar-refractivity contribution is -0.137. The first kappa shape index (κ1) is 26.7. The Balaban J connectivity index is 1.41. The van der Waals surface area contributed by atoms with Crippen LogP contribution in [-0.4, -0.2) is 59.8 Å². The maximum atomic E-state index is 14.4. The van der Waals surface area contributed by atoms with Crippen molar-refractivity contribution in [3.63, 3.8) is 0 Å². The number of ether oxygens (including phenoxy) is 1. The first-order valence-electron chi connectivity index (χ1n) is 13.3. The van der Waals surface area contributed by atoms with E-state index in [1.54, 1.807) is 56.6 Å². The lowest BCUT2D eigenvalue weighted by Crippen LogP contribution is -2.67. The summed E-state index contributed by atoms with van der Waals surface area (Å²) in [6.07, 6.45) is -1.16. The molecule has 12 heteroatoms. The Morgan fingerprint density at radius 1 is 1.10 bits per heavy atom. The molecule has 1 saturated heterocycles. The molecule has 2 aromatic carbocycles. The second kappa shape index (κ2) is 9.86. The van der Waals surface area contributed by atoms with Gasteiger partial charge in [-0.3, -0.25) is 4.79 Å². The molecule has 2 atom stereocenters. The highest BCUT2D eigenvalue weighted by Crippen LogP contribution is 2.49. The summed E-state index contributed by atoms with van der Waals surface area (Å²) in [5, 5.41) is 5.94. The fourth-order valence-corrected chi connectivity index (χ4v) is 6.07. The van der Waals surface area contributed by atoms with Gasteiger partial charge in [0.25, 0.3) is 5.91 Å². The van der Waals surface area contributed by atoms with Gasteiger partial charge in [-0.1, -0.05) is 0 Å². The molecule has 3 aromatic rings. The van der Waals surface area contributed by atoms with E-state index in [0.717, 1.165) is 12.1 Å². The molecule has 1 amide bonds. The number of carbonyl (C=O) groups excluding carboxylic acids is 2. The van der Waals surface area contributed by atoms with Crippen molar-refractivity contribution >= 4 is 34.9 Å². The van der Waals surface area contributed by atoms with Crippen molar-refractivity contribution in [2.24, 2.45) is 10.5 Å². The van der Waals surface area contributed by atoms with Crippen LogP contribution >= 0.6 is 0 Å². The number of alkyl halides is 3. The summed E-state index contributed by atoms with van der Waals surface area (Å²) in [6.45, 7) is 5.06. The molecular formula is C29H27F3N6O3. The number of hydrogen-bond donors (Lipinski definition) is 0. The molecular weight excluding hydrogens is 537 g/mol. The normalized spacial score (nSPS) is 22.0. The molecule has 3 aliphatic heterocycles. The average Bonchev–Trinajstić information content (AvgIpc) is 3.22. The minimum absolute atomic E-state index is 0.0580. The van der Waals surface area contributed by atoms with Crippen LogP contribution in [0, 0.1) is 5.41 Å². The van der Waals surface area contributed by atoms with Gasteiger partial charge in [0, 0.05) is 37.7 Å². The smallest absolute Gasteiger partial charge is 0.416 e. The summed E-state index contributed by atoms with van der Waals surface area (Å²) in [5.41, 5.74) is 0.423. The van der Waals surface area contributed by atoms with Crippen LogP contribution in [0.2, 0.25) is 0 Å². The summed E-state index contributed by atoms with van der Waals surface area (Å²) >= 11 is 0. The zero-order valence-corrected chi connectivity index (χ0v) is 22.4. The Morgan fingerprint density at radius 3 is 2.51 bits per heavy atom. The molecule has 0 unspecified atom stereocenters. The van der Waals surface area contributed by atoms with Gasteiger partial charge in [0.2, 0.25) is 5.95 Å². The Kier molecular flexibility index (Phi) is 6.43. The third-order valence-corrected chi connectivity index (χ3v) is 8.06. The number of rotatable bonds is 4. The Labute approximate surface area is 234 Å². The monoisotopic (exact) mass is 564 g/mol. The Morgan fingerprint density at radius 2 is 1.83 bits per heavy atom. The average molecular weight is 565 g/mol. The van der Waals surface area contributed by atoms with E-state index in [4.69, 9.17) is 4.74 Å². The molecule has 41 heavy (non-hydrogen) atoms. The van der Waals surface area contributed by atoms with Crippen molar-refractivity contribution in [3.05, 3.63) is 77.6 Å². The number of piperazine rings is 1. The van der Waals surface area contributed by atoms with Crippen molar-refractivity contribution in [1.82, 2.24) is 9.97 Å². The Hall–Kier alpha value is -4.48. The summed E-state index contributed by atoms with van der Waals surface area (Å²) in [5.74, 6) is -0.298. The van der Waals surface area contributed by atoms with Gasteiger partial charge < -0.3 is 14.5 Å². The van der Waals surface area contributed by atoms with Gasteiger partial charge in [-0.25, -0.2) is 14.8 Å². The van der Waals surface area contributed by atoms with Gasteiger partial charge in [0.1, 0.15) is 5.41 Å². The van der Waals surface area contributed by atoms with E-state index in [0.29, 0.717) is 53.8 Å². The van der Waals surface area contributed by atoms with Crippen LogP contribution < -0.4 is 14.8 Å². The minimum atomic E-state index is -4.52. The number of nitrogens with zero attached hydrogens (tertiary/aromatic N) is 6. The number of hydrogen-bond acceptors (Lipinski definition) is 8. The molecule has 6 rings (SSSR count). The molecule has 0 aliphatic carbocycles. The summed E-state index contributed by atoms with van der Waals surface area (Å²) in [6, 6.07) is 11.4. The molecule has 0 N–H and O–H groups in total. The molecule has 9 nitrogen and oxygen atoms in total. The van der Waals surface area contributed by atoms with E-state index in [1.807, 2.05) is 9.80 Å². The van der Waals surface area contributed by atoms with Crippen LogP contribution in [0.25, 0.3) is 0 Å². The van der Waals surface area contributed by atoms with Crippen LogP contribution in [0.15, 0.2) is 66.0 Å². The van der Waals surface area contributed by atoms with Crippen molar-refractivity contribution in [3.8, 4) is 0 Å². The second-order valence-corrected chi connectivity index (χ2v) is 10.3. The fraction of sp³-hybridized carbons (Fsp3) is 0.345. The highest BCUT2D eigenvalue weighted by atomic mass is 19.4. The number of halogens is 3. The predicted molar refractivity (Wildman–Crippen MR) is 146 cm³/mol. The van der Waals surface area contributed by atoms with Crippen LogP contribution in [0.3, 0.4) is 0 Å². The molecule has 1 fully saturated rings. The Bertz CT molecular complexity index is 1530. The third kappa shape index (κ3) is 4.37. The van der Waals surface area contributed by atoms with Crippen LogP contribution in [0.5, 0.6) is 0 Å². The van der Waals surface area contributed by atoms with E-state index in [1.165, 1.54) is 11.1 Å². The van der Waals surface area contributed by atoms with Crippen molar-refractivity contribution < 1.29 is 27.5 Å². The zero-order valence-electron chi connectivity index (χ0n) is 22.4.